The fourth-order valence-corrected chi connectivity index (χ4v) is 3.74. The molecule has 3 heterocycles. The number of aromatic nitrogens is 3. The van der Waals surface area contributed by atoms with E-state index < -0.39 is 35.2 Å². The number of rotatable bonds is 5. The Hall–Kier alpha value is -3.53. The molecule has 1 aliphatic heterocycles. The van der Waals surface area contributed by atoms with Crippen molar-refractivity contribution in [3.8, 4) is 11.4 Å². The lowest BCUT2D eigenvalue weighted by Gasteiger charge is -2.35. The molecule has 2 atom stereocenters. The highest BCUT2D eigenvalue weighted by Crippen LogP contribution is 2.27. The highest BCUT2D eigenvalue weighted by atomic mass is 19.1. The topological polar surface area (TPSA) is 111 Å². The van der Waals surface area contributed by atoms with E-state index in [1.165, 1.54) is 12.3 Å². The predicted molar refractivity (Wildman–Crippen MR) is 114 cm³/mol. The summed E-state index contributed by atoms with van der Waals surface area (Å²) in [6.07, 6.45) is 3.36. The second-order valence-electron chi connectivity index (χ2n) is 7.61. The van der Waals surface area contributed by atoms with Gasteiger partial charge in [0.2, 0.25) is 0 Å². The largest absolute Gasteiger partial charge is 0.396 e. The fraction of sp³-hybridized carbons (Fsp3) is 0.273. The minimum atomic E-state index is -1.07. The molecular weight excluding hydrogens is 421 g/mol. The second kappa shape index (κ2) is 8.91. The molecule has 1 aliphatic rings. The van der Waals surface area contributed by atoms with Crippen molar-refractivity contribution >= 4 is 17.2 Å². The summed E-state index contributed by atoms with van der Waals surface area (Å²) in [6.45, 7) is 0.755. The molecule has 0 bridgehead atoms. The monoisotopic (exact) mass is 442 g/mol. The van der Waals surface area contributed by atoms with Crippen LogP contribution < -0.4 is 16.4 Å². The van der Waals surface area contributed by atoms with Crippen LogP contribution in [0.3, 0.4) is 0 Å². The maximum atomic E-state index is 14.1. The van der Waals surface area contributed by atoms with E-state index in [1.54, 1.807) is 12.3 Å². The first-order valence-corrected chi connectivity index (χ1v) is 10.0. The molecule has 4 N–H and O–H groups in total. The van der Waals surface area contributed by atoms with E-state index in [0.717, 1.165) is 18.3 Å². The van der Waals surface area contributed by atoms with E-state index in [2.05, 4.69) is 15.0 Å². The van der Waals surface area contributed by atoms with Gasteiger partial charge in [-0.1, -0.05) is 6.07 Å². The molecule has 32 heavy (non-hydrogen) atoms. The molecule has 4 rings (SSSR count). The summed E-state index contributed by atoms with van der Waals surface area (Å²) in [5.74, 6) is -2.45. The van der Waals surface area contributed by atoms with Crippen molar-refractivity contribution in [2.45, 2.75) is 25.1 Å². The molecule has 0 spiro atoms. The molecule has 0 aliphatic carbocycles. The molecule has 0 radical (unpaired) electrons. The first-order chi connectivity index (χ1) is 15.3. The summed E-state index contributed by atoms with van der Waals surface area (Å²) >= 11 is 0. The predicted octanol–water partition coefficient (Wildman–Crippen LogP) is 2.70. The maximum Gasteiger partial charge on any atom is 0.187 e. The Balaban J connectivity index is 1.63. The van der Waals surface area contributed by atoms with E-state index >= 15 is 0 Å². The number of nitrogens with zero attached hydrogens (tertiary/aromatic N) is 4. The van der Waals surface area contributed by atoms with Crippen molar-refractivity contribution in [2.75, 3.05) is 23.7 Å². The number of anilines is 2. The number of ketones is 1. The molecule has 0 unspecified atom stereocenters. The average Bonchev–Trinajstić information content (AvgIpc) is 2.77. The Kier molecular flexibility index (Phi) is 6.04. The van der Waals surface area contributed by atoms with Crippen molar-refractivity contribution in [1.82, 2.24) is 15.0 Å². The minimum Gasteiger partial charge on any atom is -0.396 e. The summed E-state index contributed by atoms with van der Waals surface area (Å²) in [5, 5.41) is 0. The van der Waals surface area contributed by atoms with Crippen LogP contribution in [0.1, 0.15) is 22.5 Å². The lowest BCUT2D eigenvalue weighted by Crippen LogP contribution is -2.50. The molecule has 0 amide bonds. The average molecular weight is 442 g/mol. The molecule has 1 saturated heterocycles. The van der Waals surface area contributed by atoms with Gasteiger partial charge in [0, 0.05) is 43.2 Å². The third kappa shape index (κ3) is 4.26. The highest BCUT2D eigenvalue weighted by Gasteiger charge is 2.28. The number of hydrogen-bond donors (Lipinski definition) is 2. The van der Waals surface area contributed by atoms with Gasteiger partial charge in [-0.05, 0) is 24.6 Å². The Morgan fingerprint density at radius 2 is 1.94 bits per heavy atom. The van der Waals surface area contributed by atoms with E-state index in [9.17, 15) is 18.0 Å². The number of carbonyl (C=O) groups is 1. The molecule has 7 nitrogen and oxygen atoms in total. The van der Waals surface area contributed by atoms with Gasteiger partial charge >= 0.3 is 0 Å². The van der Waals surface area contributed by atoms with Gasteiger partial charge in [-0.25, -0.2) is 23.1 Å². The summed E-state index contributed by atoms with van der Waals surface area (Å²) in [7, 11) is 0. The molecule has 1 aromatic carbocycles. The quantitative estimate of drug-likeness (QED) is 0.585. The van der Waals surface area contributed by atoms with Gasteiger partial charge in [0.05, 0.1) is 23.5 Å². The van der Waals surface area contributed by atoms with Crippen LogP contribution in [-0.2, 0) is 6.42 Å². The van der Waals surface area contributed by atoms with Gasteiger partial charge in [0.15, 0.2) is 11.6 Å². The summed E-state index contributed by atoms with van der Waals surface area (Å²) in [6, 6.07) is 4.48. The third-order valence-corrected chi connectivity index (χ3v) is 5.41. The van der Waals surface area contributed by atoms with Crippen molar-refractivity contribution in [1.29, 1.82) is 0 Å². The van der Waals surface area contributed by atoms with Gasteiger partial charge < -0.3 is 16.4 Å². The first kappa shape index (κ1) is 21.7. The van der Waals surface area contributed by atoms with Gasteiger partial charge in [0.1, 0.15) is 23.5 Å². The van der Waals surface area contributed by atoms with Crippen LogP contribution in [-0.4, -0.2) is 46.0 Å². The number of benzene rings is 1. The SMILES string of the molecule is Nc1cnc(-c2c(F)cccc2F)nc1C(=O)Cc1cnccc1N1CC[C@@H](F)[C@H](N)C1. The number of nitrogen functional groups attached to an aromatic ring is 1. The number of nitrogens with two attached hydrogens (primary N) is 2. The van der Waals surface area contributed by atoms with Crippen LogP contribution in [0.2, 0.25) is 0 Å². The molecule has 3 aromatic rings. The smallest absolute Gasteiger partial charge is 0.187 e. The Labute approximate surface area is 182 Å². The van der Waals surface area contributed by atoms with Gasteiger partial charge in [0.25, 0.3) is 0 Å². The first-order valence-electron chi connectivity index (χ1n) is 10.0. The third-order valence-electron chi connectivity index (χ3n) is 5.41. The number of alkyl halides is 1. The van der Waals surface area contributed by atoms with Crippen LogP contribution in [0, 0.1) is 11.6 Å². The number of halogens is 3. The lowest BCUT2D eigenvalue weighted by atomic mass is 10.0. The zero-order valence-corrected chi connectivity index (χ0v) is 17.0. The molecule has 10 heteroatoms. The zero-order valence-electron chi connectivity index (χ0n) is 17.0. The number of Topliss-reactive ketones (excluding diaryl/α,β-unsaturated/α-hetero) is 1. The highest BCUT2D eigenvalue weighted by molar-refractivity contribution is 6.00. The van der Waals surface area contributed by atoms with Gasteiger partial charge in [-0.3, -0.25) is 9.78 Å². The summed E-state index contributed by atoms with van der Waals surface area (Å²) in [5.41, 5.74) is 12.5. The van der Waals surface area contributed by atoms with Crippen LogP contribution >= 0.6 is 0 Å². The van der Waals surface area contributed by atoms with E-state index in [4.69, 9.17) is 11.5 Å². The van der Waals surface area contributed by atoms with Crippen molar-refractivity contribution in [2.24, 2.45) is 5.73 Å². The minimum absolute atomic E-state index is 0.0128. The van der Waals surface area contributed by atoms with Crippen LogP contribution in [0.15, 0.2) is 42.9 Å². The Morgan fingerprint density at radius 1 is 1.19 bits per heavy atom. The molecule has 166 valence electrons. The number of hydrogen-bond acceptors (Lipinski definition) is 7. The molecule has 2 aromatic heterocycles. The molecular formula is C22H21F3N6O. The molecule has 0 saturated carbocycles. The maximum absolute atomic E-state index is 14.1. The summed E-state index contributed by atoms with van der Waals surface area (Å²) < 4.78 is 42.1. The lowest BCUT2D eigenvalue weighted by molar-refractivity contribution is 0.0989. The Morgan fingerprint density at radius 3 is 2.66 bits per heavy atom. The van der Waals surface area contributed by atoms with Crippen LogP contribution in [0.5, 0.6) is 0 Å². The second-order valence-corrected chi connectivity index (χ2v) is 7.61. The van der Waals surface area contributed by atoms with Gasteiger partial charge in [-0.15, -0.1) is 0 Å². The fourth-order valence-electron chi connectivity index (χ4n) is 3.74. The van der Waals surface area contributed by atoms with E-state index in [1.807, 2.05) is 4.90 Å². The number of pyridine rings is 1. The van der Waals surface area contributed by atoms with Crippen LogP contribution in [0.25, 0.3) is 11.4 Å². The van der Waals surface area contributed by atoms with E-state index in [0.29, 0.717) is 24.3 Å². The van der Waals surface area contributed by atoms with E-state index in [-0.39, 0.29) is 30.0 Å². The number of piperidine rings is 1. The standard InChI is InChI=1S/C22H21F3N6O/c23-13-5-7-31(11-17(13)27)18-4-6-28-9-12(18)8-19(32)21-16(26)10-29-22(30-21)20-14(24)2-1-3-15(20)25/h1-4,6,9-10,13,17H,5,7-8,11,26-27H2/t13-,17-/m1/s1. The van der Waals surface area contributed by atoms with Gasteiger partial charge in [-0.2, -0.15) is 0 Å². The normalized spacial score (nSPS) is 18.6. The van der Waals surface area contributed by atoms with Crippen molar-refractivity contribution < 1.29 is 18.0 Å². The zero-order chi connectivity index (χ0) is 22.8. The van der Waals surface area contributed by atoms with Crippen molar-refractivity contribution in [3.63, 3.8) is 0 Å². The molecule has 1 fully saturated rings. The number of carbonyl (C=O) groups excluding carboxylic acids is 1. The Bertz CT molecular complexity index is 1140. The van der Waals surface area contributed by atoms with Crippen molar-refractivity contribution in [3.05, 3.63) is 65.7 Å². The summed E-state index contributed by atoms with van der Waals surface area (Å²) in [4.78, 5) is 27.0. The van der Waals surface area contributed by atoms with Crippen LogP contribution in [0.4, 0.5) is 24.5 Å².